The molecular weight excluding hydrogens is 304 g/mol. The summed E-state index contributed by atoms with van der Waals surface area (Å²) in [5.41, 5.74) is 6.87. The molecule has 0 saturated heterocycles. The standard InChI is InChI=1S/C20H26O4/c1-21-11-15-7-5-9-17(19(15)13-23-3)18-10-6-8-16(12-22-2)20(18)14-24-4/h5-10H,11-14H2,1-4H3. The van der Waals surface area contributed by atoms with Gasteiger partial charge in [0.25, 0.3) is 0 Å². The zero-order valence-corrected chi connectivity index (χ0v) is 14.9. The summed E-state index contributed by atoms with van der Waals surface area (Å²) in [5.74, 6) is 0. The van der Waals surface area contributed by atoms with Crippen LogP contribution in [0.1, 0.15) is 22.3 Å². The van der Waals surface area contributed by atoms with Crippen LogP contribution in [-0.2, 0) is 45.4 Å². The lowest BCUT2D eigenvalue weighted by Crippen LogP contribution is -2.04. The quantitative estimate of drug-likeness (QED) is 0.698. The van der Waals surface area contributed by atoms with E-state index >= 15 is 0 Å². The Hall–Kier alpha value is -1.72. The van der Waals surface area contributed by atoms with Crippen molar-refractivity contribution in [2.45, 2.75) is 26.4 Å². The molecule has 0 aliphatic rings. The van der Waals surface area contributed by atoms with Crippen molar-refractivity contribution < 1.29 is 18.9 Å². The fourth-order valence-corrected chi connectivity index (χ4v) is 2.99. The Morgan fingerprint density at radius 1 is 0.542 bits per heavy atom. The molecule has 0 bridgehead atoms. The van der Waals surface area contributed by atoms with Gasteiger partial charge in [0.15, 0.2) is 0 Å². The topological polar surface area (TPSA) is 36.9 Å². The molecule has 0 unspecified atom stereocenters. The molecule has 0 aromatic heterocycles. The molecule has 0 fully saturated rings. The van der Waals surface area contributed by atoms with Gasteiger partial charge in [0.05, 0.1) is 26.4 Å². The largest absolute Gasteiger partial charge is 0.380 e. The van der Waals surface area contributed by atoms with E-state index in [9.17, 15) is 0 Å². The second-order valence-corrected chi connectivity index (χ2v) is 5.62. The van der Waals surface area contributed by atoms with Crippen molar-refractivity contribution in [3.8, 4) is 11.1 Å². The molecule has 0 amide bonds. The number of ether oxygens (including phenoxy) is 4. The van der Waals surface area contributed by atoms with Crippen LogP contribution in [-0.4, -0.2) is 28.4 Å². The molecule has 0 saturated carbocycles. The molecule has 130 valence electrons. The fraction of sp³-hybridized carbons (Fsp3) is 0.400. The zero-order valence-electron chi connectivity index (χ0n) is 14.9. The van der Waals surface area contributed by atoms with Crippen molar-refractivity contribution >= 4 is 0 Å². The minimum atomic E-state index is 0.537. The first-order valence-electron chi connectivity index (χ1n) is 7.94. The SMILES string of the molecule is COCc1cccc(-c2cccc(COC)c2COC)c1COC. The molecule has 2 aromatic rings. The lowest BCUT2D eigenvalue weighted by molar-refractivity contribution is 0.167. The summed E-state index contributed by atoms with van der Waals surface area (Å²) < 4.78 is 21.6. The number of rotatable bonds is 9. The summed E-state index contributed by atoms with van der Waals surface area (Å²) in [6.07, 6.45) is 0. The van der Waals surface area contributed by atoms with Crippen molar-refractivity contribution in [2.24, 2.45) is 0 Å². The summed E-state index contributed by atoms with van der Waals surface area (Å²) in [5, 5.41) is 0. The monoisotopic (exact) mass is 330 g/mol. The van der Waals surface area contributed by atoms with Crippen LogP contribution in [0.5, 0.6) is 0 Å². The first-order valence-corrected chi connectivity index (χ1v) is 7.94. The number of hydrogen-bond donors (Lipinski definition) is 0. The molecular formula is C20H26O4. The summed E-state index contributed by atoms with van der Waals surface area (Å²) >= 11 is 0. The van der Waals surface area contributed by atoms with Gasteiger partial charge in [-0.25, -0.2) is 0 Å². The van der Waals surface area contributed by atoms with Gasteiger partial charge >= 0.3 is 0 Å². The van der Waals surface area contributed by atoms with Gasteiger partial charge in [-0.1, -0.05) is 36.4 Å². The van der Waals surface area contributed by atoms with Crippen molar-refractivity contribution in [2.75, 3.05) is 28.4 Å². The normalized spacial score (nSPS) is 11.0. The molecule has 4 heteroatoms. The third kappa shape index (κ3) is 4.22. The fourth-order valence-electron chi connectivity index (χ4n) is 2.99. The Labute approximate surface area is 144 Å². The Morgan fingerprint density at radius 3 is 1.25 bits per heavy atom. The second kappa shape index (κ2) is 9.55. The maximum absolute atomic E-state index is 5.44. The van der Waals surface area contributed by atoms with E-state index in [-0.39, 0.29) is 0 Å². The maximum atomic E-state index is 5.44. The Bertz CT molecular complexity index is 595. The van der Waals surface area contributed by atoms with E-state index in [2.05, 4.69) is 36.4 Å². The number of hydrogen-bond acceptors (Lipinski definition) is 4. The van der Waals surface area contributed by atoms with E-state index in [1.165, 1.54) is 0 Å². The van der Waals surface area contributed by atoms with Crippen LogP contribution in [0.25, 0.3) is 11.1 Å². The van der Waals surface area contributed by atoms with Crippen LogP contribution in [0.4, 0.5) is 0 Å². The number of benzene rings is 2. The highest BCUT2D eigenvalue weighted by molar-refractivity contribution is 5.73. The third-order valence-corrected chi connectivity index (χ3v) is 4.01. The van der Waals surface area contributed by atoms with Gasteiger partial charge in [-0.15, -0.1) is 0 Å². The Kier molecular flexibility index (Phi) is 7.40. The third-order valence-electron chi connectivity index (χ3n) is 4.01. The van der Waals surface area contributed by atoms with Gasteiger partial charge < -0.3 is 18.9 Å². The van der Waals surface area contributed by atoms with E-state index in [0.29, 0.717) is 26.4 Å². The zero-order chi connectivity index (χ0) is 17.4. The lowest BCUT2D eigenvalue weighted by Gasteiger charge is -2.19. The Balaban J connectivity index is 2.62. The predicted octanol–water partition coefficient (Wildman–Crippen LogP) is 3.94. The highest BCUT2D eigenvalue weighted by atomic mass is 16.5. The predicted molar refractivity (Wildman–Crippen MR) is 94.7 cm³/mol. The molecule has 0 spiro atoms. The summed E-state index contributed by atoms with van der Waals surface area (Å²) in [7, 11) is 6.84. The van der Waals surface area contributed by atoms with Crippen LogP contribution in [0.15, 0.2) is 36.4 Å². The van der Waals surface area contributed by atoms with Crippen LogP contribution in [0.3, 0.4) is 0 Å². The molecule has 24 heavy (non-hydrogen) atoms. The molecule has 0 N–H and O–H groups in total. The first kappa shape index (κ1) is 18.6. The smallest absolute Gasteiger partial charge is 0.0722 e. The van der Waals surface area contributed by atoms with Crippen LogP contribution in [0, 0.1) is 0 Å². The van der Waals surface area contributed by atoms with Crippen molar-refractivity contribution in [3.05, 3.63) is 58.7 Å². The highest BCUT2D eigenvalue weighted by Crippen LogP contribution is 2.32. The van der Waals surface area contributed by atoms with Gasteiger partial charge in [-0.2, -0.15) is 0 Å². The average molecular weight is 330 g/mol. The highest BCUT2D eigenvalue weighted by Gasteiger charge is 2.15. The molecule has 0 aliphatic carbocycles. The van der Waals surface area contributed by atoms with Crippen LogP contribution >= 0.6 is 0 Å². The first-order chi connectivity index (χ1) is 11.8. The van der Waals surface area contributed by atoms with Crippen molar-refractivity contribution in [1.29, 1.82) is 0 Å². The second-order valence-electron chi connectivity index (χ2n) is 5.62. The van der Waals surface area contributed by atoms with Crippen LogP contribution in [0.2, 0.25) is 0 Å². The Morgan fingerprint density at radius 2 is 0.917 bits per heavy atom. The van der Waals surface area contributed by atoms with E-state index < -0.39 is 0 Å². The van der Waals surface area contributed by atoms with Crippen molar-refractivity contribution in [1.82, 2.24) is 0 Å². The molecule has 2 rings (SSSR count). The summed E-state index contributed by atoms with van der Waals surface area (Å²) in [6, 6.07) is 12.5. The molecule has 4 nitrogen and oxygen atoms in total. The van der Waals surface area contributed by atoms with Gasteiger partial charge in [0.2, 0.25) is 0 Å². The van der Waals surface area contributed by atoms with E-state index in [4.69, 9.17) is 18.9 Å². The van der Waals surface area contributed by atoms with E-state index in [1.54, 1.807) is 28.4 Å². The van der Waals surface area contributed by atoms with Crippen LogP contribution < -0.4 is 0 Å². The molecule has 0 atom stereocenters. The molecule has 2 aromatic carbocycles. The average Bonchev–Trinajstić information content (AvgIpc) is 2.59. The molecule has 0 radical (unpaired) electrons. The minimum Gasteiger partial charge on any atom is -0.380 e. The minimum absolute atomic E-state index is 0.537. The number of methoxy groups -OCH3 is 4. The lowest BCUT2D eigenvalue weighted by atomic mass is 9.91. The summed E-state index contributed by atoms with van der Waals surface area (Å²) in [4.78, 5) is 0. The van der Waals surface area contributed by atoms with Crippen molar-refractivity contribution in [3.63, 3.8) is 0 Å². The molecule has 0 heterocycles. The van der Waals surface area contributed by atoms with Gasteiger partial charge in [-0.3, -0.25) is 0 Å². The summed E-state index contributed by atoms with van der Waals surface area (Å²) in [6.45, 7) is 2.19. The van der Waals surface area contributed by atoms with E-state index in [1.807, 2.05) is 0 Å². The van der Waals surface area contributed by atoms with E-state index in [0.717, 1.165) is 33.4 Å². The van der Waals surface area contributed by atoms with Gasteiger partial charge in [0.1, 0.15) is 0 Å². The van der Waals surface area contributed by atoms with Gasteiger partial charge in [-0.05, 0) is 33.4 Å². The maximum Gasteiger partial charge on any atom is 0.0722 e. The molecule has 0 aliphatic heterocycles. The van der Waals surface area contributed by atoms with Gasteiger partial charge in [0, 0.05) is 28.4 Å².